The quantitative estimate of drug-likeness (QED) is 0.627. The van der Waals surface area contributed by atoms with Gasteiger partial charge in [-0.3, -0.25) is 0 Å². The third-order valence-corrected chi connectivity index (χ3v) is 5.38. The molecular formula is C19H33B3. The van der Waals surface area contributed by atoms with E-state index >= 15 is 0 Å². The summed E-state index contributed by atoms with van der Waals surface area (Å²) in [6, 6.07) is 0. The van der Waals surface area contributed by atoms with Gasteiger partial charge in [0.2, 0.25) is 0 Å². The first-order valence-corrected chi connectivity index (χ1v) is 10.0. The Labute approximate surface area is 140 Å². The van der Waals surface area contributed by atoms with E-state index in [1.54, 1.807) is 5.35 Å². The summed E-state index contributed by atoms with van der Waals surface area (Å²) >= 11 is 0. The fourth-order valence-electron chi connectivity index (χ4n) is 3.93. The summed E-state index contributed by atoms with van der Waals surface area (Å²) in [7, 11) is 0. The van der Waals surface area contributed by atoms with Gasteiger partial charge in [-0.1, -0.05) is 0 Å². The fraction of sp³-hybridized carbons (Fsp3) is 0.842. The minimum absolute atomic E-state index is 0.814. The Kier molecular flexibility index (Phi) is 10.1. The van der Waals surface area contributed by atoms with E-state index in [9.17, 15) is 0 Å². The summed E-state index contributed by atoms with van der Waals surface area (Å²) < 4.78 is 0. The van der Waals surface area contributed by atoms with Gasteiger partial charge in [0.15, 0.2) is 0 Å². The summed E-state index contributed by atoms with van der Waals surface area (Å²) in [4.78, 5) is 0. The molecule has 118 valence electrons. The van der Waals surface area contributed by atoms with Crippen molar-refractivity contribution < 1.29 is 0 Å². The Hall–Kier alpha value is -0.195. The van der Waals surface area contributed by atoms with Crippen molar-refractivity contribution in [2.45, 2.75) is 102 Å². The van der Waals surface area contributed by atoms with Gasteiger partial charge in [0.1, 0.15) is 0 Å². The van der Waals surface area contributed by atoms with E-state index in [-0.39, 0.29) is 0 Å². The molecule has 2 rings (SSSR count). The standard InChI is InChI=1S/C19H33B3/c1-2-4-6-8-10-12-14-18(19-20-16-17-21-22-19)15-13-11-9-7-5-3-1/h16-18H,1-15H2. The Morgan fingerprint density at radius 2 is 1.05 bits per heavy atom. The van der Waals surface area contributed by atoms with Crippen LogP contribution in [0.2, 0.25) is 0 Å². The second kappa shape index (κ2) is 12.3. The average Bonchev–Trinajstić information content (AvgIpc) is 2.56. The van der Waals surface area contributed by atoms with Gasteiger partial charge >= 0.3 is 140 Å². The van der Waals surface area contributed by atoms with Crippen molar-refractivity contribution >= 4 is 20.5 Å². The zero-order valence-electron chi connectivity index (χ0n) is 14.6. The van der Waals surface area contributed by atoms with E-state index < -0.39 is 0 Å². The second-order valence-corrected chi connectivity index (χ2v) is 7.28. The van der Waals surface area contributed by atoms with Crippen LogP contribution in [0.25, 0.3) is 0 Å². The topological polar surface area (TPSA) is 0 Å². The number of hydrogen-bond acceptors (Lipinski definition) is 0. The zero-order valence-corrected chi connectivity index (χ0v) is 14.6. The molecule has 0 aliphatic heterocycles. The van der Waals surface area contributed by atoms with Crippen LogP contribution in [0.1, 0.15) is 108 Å². The number of rotatable bonds is 1. The molecule has 0 nitrogen and oxygen atoms in total. The van der Waals surface area contributed by atoms with Crippen LogP contribution >= 0.6 is 0 Å². The van der Waals surface area contributed by atoms with Crippen LogP contribution in [0.15, 0.2) is 11.9 Å². The van der Waals surface area contributed by atoms with Crippen LogP contribution in [0.4, 0.5) is 0 Å². The molecule has 1 aromatic heterocycles. The van der Waals surface area contributed by atoms with Crippen molar-refractivity contribution in [1.82, 2.24) is 0 Å². The van der Waals surface area contributed by atoms with E-state index in [0.29, 0.717) is 0 Å². The van der Waals surface area contributed by atoms with Gasteiger partial charge < -0.3 is 0 Å². The van der Waals surface area contributed by atoms with Crippen molar-refractivity contribution in [3.05, 3.63) is 17.3 Å². The first-order chi connectivity index (χ1) is 11.0. The molecule has 0 spiro atoms. The monoisotopic (exact) mass is 294 g/mol. The fourth-order valence-corrected chi connectivity index (χ4v) is 3.93. The summed E-state index contributed by atoms with van der Waals surface area (Å²) in [6.07, 6.45) is 21.8. The van der Waals surface area contributed by atoms with E-state index in [1.807, 2.05) is 0 Å². The van der Waals surface area contributed by atoms with Gasteiger partial charge in [-0.05, 0) is 0 Å². The maximum absolute atomic E-state index is 2.35. The molecule has 0 atom stereocenters. The van der Waals surface area contributed by atoms with E-state index in [2.05, 4.69) is 32.4 Å². The van der Waals surface area contributed by atoms with Crippen molar-refractivity contribution in [3.8, 4) is 0 Å². The SMILES string of the molecule is b1bc(C2CCCCCCCCCCCCCCC2)bcc1. The molecule has 0 amide bonds. The van der Waals surface area contributed by atoms with Crippen LogP contribution < -0.4 is 0 Å². The summed E-state index contributed by atoms with van der Waals surface area (Å²) in [6.45, 7) is 6.92. The van der Waals surface area contributed by atoms with Crippen LogP contribution in [0.5, 0.6) is 0 Å². The van der Waals surface area contributed by atoms with Crippen molar-refractivity contribution in [3.63, 3.8) is 0 Å². The Morgan fingerprint density at radius 1 is 0.591 bits per heavy atom. The van der Waals surface area contributed by atoms with E-state index in [0.717, 1.165) is 5.92 Å². The molecule has 1 heterocycles. The second-order valence-electron chi connectivity index (χ2n) is 7.28. The molecule has 1 fully saturated rings. The Balaban J connectivity index is 1.80. The molecule has 0 bridgehead atoms. The minimum atomic E-state index is 0.814. The first-order valence-electron chi connectivity index (χ1n) is 10.0. The molecule has 0 unspecified atom stereocenters. The van der Waals surface area contributed by atoms with Crippen molar-refractivity contribution in [1.29, 1.82) is 0 Å². The van der Waals surface area contributed by atoms with Gasteiger partial charge in [-0.15, -0.1) is 0 Å². The van der Waals surface area contributed by atoms with Gasteiger partial charge in [0.25, 0.3) is 0 Å². The molecule has 1 aliphatic rings. The first kappa shape index (κ1) is 18.1. The zero-order chi connectivity index (χ0) is 15.3. The van der Waals surface area contributed by atoms with Crippen LogP contribution in [-0.2, 0) is 0 Å². The van der Waals surface area contributed by atoms with Gasteiger partial charge in [0.05, 0.1) is 0 Å². The van der Waals surface area contributed by atoms with Crippen molar-refractivity contribution in [2.24, 2.45) is 0 Å². The predicted octanol–water partition coefficient (Wildman–Crippen LogP) is 5.65. The third kappa shape index (κ3) is 7.88. The van der Waals surface area contributed by atoms with Crippen molar-refractivity contribution in [2.75, 3.05) is 0 Å². The Bertz CT molecular complexity index is 350. The molecule has 1 aromatic rings. The molecule has 3 heteroatoms. The van der Waals surface area contributed by atoms with Crippen LogP contribution in [0.3, 0.4) is 0 Å². The Morgan fingerprint density at radius 3 is 1.45 bits per heavy atom. The van der Waals surface area contributed by atoms with Gasteiger partial charge in [-0.25, -0.2) is 0 Å². The molecule has 0 aromatic carbocycles. The van der Waals surface area contributed by atoms with Crippen LogP contribution in [-0.4, -0.2) is 20.5 Å². The predicted molar refractivity (Wildman–Crippen MR) is 102 cm³/mol. The summed E-state index contributed by atoms with van der Waals surface area (Å²) in [5, 5.41) is 1.59. The van der Waals surface area contributed by atoms with E-state index in [1.165, 1.54) is 96.3 Å². The van der Waals surface area contributed by atoms with Gasteiger partial charge in [-0.2, -0.15) is 0 Å². The summed E-state index contributed by atoms with van der Waals surface area (Å²) in [5.74, 6) is 5.18. The van der Waals surface area contributed by atoms with Gasteiger partial charge in [0, 0.05) is 0 Å². The maximum atomic E-state index is 2.35. The average molecular weight is 294 g/mol. The molecule has 0 saturated heterocycles. The molecule has 0 radical (unpaired) electrons. The molecule has 1 saturated carbocycles. The molecule has 22 heavy (non-hydrogen) atoms. The molecule has 0 N–H and O–H groups in total. The number of hydrogen-bond donors (Lipinski definition) is 0. The molecular weight excluding hydrogens is 261 g/mol. The third-order valence-electron chi connectivity index (χ3n) is 5.38. The van der Waals surface area contributed by atoms with Crippen LogP contribution in [0, 0.1) is 0 Å². The summed E-state index contributed by atoms with van der Waals surface area (Å²) in [5.41, 5.74) is 0. The van der Waals surface area contributed by atoms with E-state index in [4.69, 9.17) is 0 Å². The molecule has 1 aliphatic carbocycles. The normalized spacial score (nSPS) is 20.9.